The van der Waals surface area contributed by atoms with Gasteiger partial charge in [0.15, 0.2) is 0 Å². The van der Waals surface area contributed by atoms with Gasteiger partial charge in [0.2, 0.25) is 0 Å². The van der Waals surface area contributed by atoms with E-state index in [0.717, 1.165) is 0 Å². The molecule has 0 radical (unpaired) electrons. The molecule has 42 valence electrons. The van der Waals surface area contributed by atoms with Crippen LogP contribution < -0.4 is 5.32 Å². The zero-order chi connectivity index (χ0) is 5.11. The molecule has 0 aromatic carbocycles. The first-order valence-electron chi connectivity index (χ1n) is 2.54. The summed E-state index contributed by atoms with van der Waals surface area (Å²) in [7, 11) is 0. The molecule has 0 aromatic rings. The normalized spacial score (nSPS) is 25.3. The van der Waals surface area contributed by atoms with Crippen molar-refractivity contribution in [2.45, 2.75) is 0 Å². The van der Waals surface area contributed by atoms with Gasteiger partial charge in [-0.25, -0.2) is 0 Å². The molecule has 1 heterocycles. The maximum absolute atomic E-state index is 3.28. The van der Waals surface area contributed by atoms with Gasteiger partial charge in [0.05, 0.1) is 0 Å². The van der Waals surface area contributed by atoms with E-state index in [-0.39, 0.29) is 0 Å². The number of nitrogens with zero attached hydrogens (tertiary/aromatic N) is 1. The van der Waals surface area contributed by atoms with Crippen molar-refractivity contribution in [2.24, 2.45) is 0 Å². The van der Waals surface area contributed by atoms with Crippen LogP contribution >= 0.6 is 0 Å². The Morgan fingerprint density at radius 1 is 1.29 bits per heavy atom. The molecule has 7 heavy (non-hydrogen) atoms. The van der Waals surface area contributed by atoms with Gasteiger partial charge in [-0.2, -0.15) is 0 Å². The molecule has 1 N–H and O–H groups in total. The van der Waals surface area contributed by atoms with E-state index in [2.05, 4.69) is 8.47 Å². The van der Waals surface area contributed by atoms with Crippen molar-refractivity contribution in [3.63, 3.8) is 0 Å². The average molecular weight is 214 g/mol. The van der Waals surface area contributed by atoms with Gasteiger partial charge in [-0.1, -0.05) is 0 Å². The fourth-order valence-corrected chi connectivity index (χ4v) is 1.22. The fraction of sp³-hybridized carbons (Fsp3) is 1.00. The van der Waals surface area contributed by atoms with Gasteiger partial charge < -0.3 is 0 Å². The third-order valence-electron chi connectivity index (χ3n) is 1.09. The third kappa shape index (κ3) is 1.96. The first kappa shape index (κ1) is 5.84. The topological polar surface area (TPSA) is 15.3 Å². The van der Waals surface area contributed by atoms with Crippen molar-refractivity contribution < 1.29 is 0 Å². The van der Waals surface area contributed by atoms with E-state index in [9.17, 15) is 0 Å². The Hall–Kier alpha value is 0.710. The molecule has 1 saturated heterocycles. The molecule has 3 heteroatoms. The number of rotatable bonds is 0. The summed E-state index contributed by atoms with van der Waals surface area (Å²) < 4.78 is 2.38. The van der Waals surface area contributed by atoms with Crippen molar-refractivity contribution >= 4 is 22.6 Å². The Morgan fingerprint density at radius 3 is 2.14 bits per heavy atom. The number of nitrogens with one attached hydrogen (secondary N) is 1. The van der Waals surface area contributed by atoms with E-state index in [0.29, 0.717) is 0 Å². The van der Waals surface area contributed by atoms with Gasteiger partial charge >= 0.3 is 57.2 Å². The van der Waals surface area contributed by atoms with Gasteiger partial charge in [0.25, 0.3) is 0 Å². The molecule has 2 nitrogen and oxygen atoms in total. The Balaban J connectivity index is 2.12. The molecule has 0 spiro atoms. The molecule has 0 amide bonds. The third-order valence-corrected chi connectivity index (χ3v) is 2.24. The zero-order valence-corrected chi connectivity index (χ0v) is 6.78. The number of piperazine rings is 1. The van der Waals surface area contributed by atoms with E-state index >= 15 is 0 Å². The number of hydrogen-bond donors (Lipinski definition) is 1. The Kier molecular flexibility index (Phi) is 2.41. The van der Waals surface area contributed by atoms with Crippen LogP contribution in [0.15, 0.2) is 0 Å². The quantitative estimate of drug-likeness (QED) is 0.504. The molecule has 1 aliphatic heterocycles. The second-order valence-corrected chi connectivity index (χ2v) is 3.32. The SMILES string of the molecule is [TeH]N1CCNCC1. The molecular formula is C4H10N2Te. The monoisotopic (exact) mass is 216 g/mol. The molecule has 1 fully saturated rings. The first-order valence-corrected chi connectivity index (χ1v) is 3.68. The van der Waals surface area contributed by atoms with Crippen LogP contribution in [-0.4, -0.2) is 51.9 Å². The van der Waals surface area contributed by atoms with E-state index in [1.807, 2.05) is 22.6 Å². The Morgan fingerprint density at radius 2 is 1.86 bits per heavy atom. The van der Waals surface area contributed by atoms with Crippen LogP contribution in [0.5, 0.6) is 0 Å². The molecule has 0 unspecified atom stereocenters. The molecule has 0 saturated carbocycles. The molecule has 0 aromatic heterocycles. The van der Waals surface area contributed by atoms with E-state index in [1.54, 1.807) is 0 Å². The van der Waals surface area contributed by atoms with Crippen LogP contribution in [0.25, 0.3) is 0 Å². The predicted octanol–water partition coefficient (Wildman–Crippen LogP) is -1.29. The molecule has 0 atom stereocenters. The molecular weight excluding hydrogens is 204 g/mol. The molecule has 1 aliphatic rings. The maximum atomic E-state index is 3.28. The van der Waals surface area contributed by atoms with Gasteiger partial charge in [-0.15, -0.1) is 0 Å². The zero-order valence-electron chi connectivity index (χ0n) is 4.22. The summed E-state index contributed by atoms with van der Waals surface area (Å²) >= 11 is 1.83. The predicted molar refractivity (Wildman–Crippen MR) is 31.6 cm³/mol. The summed E-state index contributed by atoms with van der Waals surface area (Å²) in [5.41, 5.74) is 0. The minimum absolute atomic E-state index is 1.18. The summed E-state index contributed by atoms with van der Waals surface area (Å²) in [6.07, 6.45) is 0. The van der Waals surface area contributed by atoms with Crippen molar-refractivity contribution in [1.82, 2.24) is 8.47 Å². The van der Waals surface area contributed by atoms with Crippen molar-refractivity contribution in [3.8, 4) is 0 Å². The molecule has 0 bridgehead atoms. The fourth-order valence-electron chi connectivity index (χ4n) is 0.653. The standard InChI is InChI=1S/C4H10N2Te/c7-6-3-1-5-2-4-6/h5,7H,1-4H2. The summed E-state index contributed by atoms with van der Waals surface area (Å²) in [6, 6.07) is 0. The number of hydrogen-bond acceptors (Lipinski definition) is 2. The summed E-state index contributed by atoms with van der Waals surface area (Å²) in [5, 5.41) is 3.28. The van der Waals surface area contributed by atoms with Gasteiger partial charge in [0, 0.05) is 0 Å². The van der Waals surface area contributed by atoms with Crippen LogP contribution in [0.4, 0.5) is 0 Å². The van der Waals surface area contributed by atoms with Crippen LogP contribution in [-0.2, 0) is 0 Å². The summed E-state index contributed by atoms with van der Waals surface area (Å²) in [4.78, 5) is 0. The summed E-state index contributed by atoms with van der Waals surface area (Å²) in [6.45, 7) is 4.81. The summed E-state index contributed by atoms with van der Waals surface area (Å²) in [5.74, 6) is 0. The van der Waals surface area contributed by atoms with E-state index in [4.69, 9.17) is 0 Å². The molecule has 1 rings (SSSR count). The Bertz CT molecular complexity index is 51.7. The van der Waals surface area contributed by atoms with Gasteiger partial charge in [-0.3, -0.25) is 0 Å². The second-order valence-electron chi connectivity index (χ2n) is 1.70. The van der Waals surface area contributed by atoms with E-state index in [1.165, 1.54) is 26.2 Å². The van der Waals surface area contributed by atoms with Crippen LogP contribution in [0.3, 0.4) is 0 Å². The second kappa shape index (κ2) is 2.88. The average Bonchev–Trinajstić information content (AvgIpc) is 1.69. The van der Waals surface area contributed by atoms with Crippen molar-refractivity contribution in [2.75, 3.05) is 26.2 Å². The minimum atomic E-state index is 1.18. The van der Waals surface area contributed by atoms with Gasteiger partial charge in [-0.05, 0) is 0 Å². The van der Waals surface area contributed by atoms with Crippen LogP contribution in [0, 0.1) is 0 Å². The van der Waals surface area contributed by atoms with Crippen molar-refractivity contribution in [1.29, 1.82) is 0 Å². The Labute approximate surface area is 57.5 Å². The van der Waals surface area contributed by atoms with Crippen molar-refractivity contribution in [3.05, 3.63) is 0 Å². The first-order chi connectivity index (χ1) is 3.39. The van der Waals surface area contributed by atoms with E-state index < -0.39 is 0 Å². The van der Waals surface area contributed by atoms with Crippen LogP contribution in [0.1, 0.15) is 0 Å². The van der Waals surface area contributed by atoms with Crippen LogP contribution in [0.2, 0.25) is 0 Å². The van der Waals surface area contributed by atoms with Gasteiger partial charge in [0.1, 0.15) is 0 Å². The molecule has 0 aliphatic carbocycles.